The third kappa shape index (κ3) is 5.08. The molecule has 3 rings (SSSR count). The molecule has 0 spiro atoms. The standard InChI is InChI=1S/C19H17ClN4O3/c20-15-10-12(5-7-17(25)26)4-6-16(15)24-18(27)13-2-1-3-14(11-13)23-19-21-8-9-22-19/h1-7,10-11H,8-9H2,(H,24,27)(H,25,26)(H2,21,22,23). The van der Waals surface area contributed by atoms with Gasteiger partial charge in [-0.05, 0) is 42.0 Å². The van der Waals surface area contributed by atoms with Crippen molar-refractivity contribution in [1.29, 1.82) is 0 Å². The van der Waals surface area contributed by atoms with Gasteiger partial charge in [-0.3, -0.25) is 9.79 Å². The fourth-order valence-corrected chi connectivity index (χ4v) is 2.69. The van der Waals surface area contributed by atoms with Gasteiger partial charge in [-0.1, -0.05) is 23.7 Å². The third-order valence-electron chi connectivity index (χ3n) is 3.72. The van der Waals surface area contributed by atoms with Crippen LogP contribution < -0.4 is 16.0 Å². The van der Waals surface area contributed by atoms with Crippen molar-refractivity contribution in [2.45, 2.75) is 0 Å². The fraction of sp³-hybridized carbons (Fsp3) is 0.105. The minimum absolute atomic E-state index is 0.310. The SMILES string of the molecule is O=C(O)C=Cc1ccc(NC(=O)c2cccc(NC3=NCCN3)c2)c(Cl)c1. The zero-order valence-corrected chi connectivity index (χ0v) is 15.0. The molecule has 27 heavy (non-hydrogen) atoms. The number of carbonyl (C=O) groups is 2. The van der Waals surface area contributed by atoms with Crippen molar-refractivity contribution < 1.29 is 14.7 Å². The summed E-state index contributed by atoms with van der Waals surface area (Å²) in [7, 11) is 0. The number of aliphatic carboxylic acids is 1. The van der Waals surface area contributed by atoms with Crippen LogP contribution in [-0.4, -0.2) is 36.0 Å². The molecule has 138 valence electrons. The van der Waals surface area contributed by atoms with Crippen LogP contribution in [0.4, 0.5) is 11.4 Å². The summed E-state index contributed by atoms with van der Waals surface area (Å²) in [6, 6.07) is 11.9. The number of carboxylic acids is 1. The second kappa shape index (κ2) is 8.37. The highest BCUT2D eigenvalue weighted by atomic mass is 35.5. The number of aliphatic imine (C=N–C) groups is 1. The Bertz CT molecular complexity index is 940. The van der Waals surface area contributed by atoms with Crippen LogP contribution in [0, 0.1) is 0 Å². The number of carboxylic acid groups (broad SMARTS) is 1. The third-order valence-corrected chi connectivity index (χ3v) is 4.03. The van der Waals surface area contributed by atoms with Crippen molar-refractivity contribution in [2.24, 2.45) is 4.99 Å². The summed E-state index contributed by atoms with van der Waals surface area (Å²) in [6.45, 7) is 1.51. The van der Waals surface area contributed by atoms with E-state index in [2.05, 4.69) is 20.9 Å². The highest BCUT2D eigenvalue weighted by molar-refractivity contribution is 6.34. The fourth-order valence-electron chi connectivity index (χ4n) is 2.45. The molecule has 0 unspecified atom stereocenters. The first-order valence-electron chi connectivity index (χ1n) is 8.18. The lowest BCUT2D eigenvalue weighted by Gasteiger charge is -2.10. The van der Waals surface area contributed by atoms with Crippen LogP contribution in [0.1, 0.15) is 15.9 Å². The number of hydrogen-bond acceptors (Lipinski definition) is 5. The Morgan fingerprint density at radius 2 is 2.07 bits per heavy atom. The van der Waals surface area contributed by atoms with E-state index in [0.29, 0.717) is 27.8 Å². The number of hydrogen-bond donors (Lipinski definition) is 4. The quantitative estimate of drug-likeness (QED) is 0.593. The van der Waals surface area contributed by atoms with Crippen molar-refractivity contribution in [3.8, 4) is 0 Å². The topological polar surface area (TPSA) is 103 Å². The largest absolute Gasteiger partial charge is 0.478 e. The van der Waals surface area contributed by atoms with Gasteiger partial charge in [0, 0.05) is 23.9 Å². The molecule has 0 bridgehead atoms. The highest BCUT2D eigenvalue weighted by Gasteiger charge is 2.11. The van der Waals surface area contributed by atoms with Gasteiger partial charge in [0.05, 0.1) is 17.3 Å². The predicted octanol–water partition coefficient (Wildman–Crippen LogP) is 3.06. The van der Waals surface area contributed by atoms with Gasteiger partial charge in [0.15, 0.2) is 5.96 Å². The molecule has 0 fully saturated rings. The molecule has 0 saturated heterocycles. The van der Waals surface area contributed by atoms with Gasteiger partial charge in [0.2, 0.25) is 0 Å². The van der Waals surface area contributed by atoms with E-state index in [9.17, 15) is 9.59 Å². The zero-order valence-electron chi connectivity index (χ0n) is 14.2. The maximum absolute atomic E-state index is 12.5. The molecule has 0 atom stereocenters. The number of halogens is 1. The van der Waals surface area contributed by atoms with Crippen LogP contribution in [-0.2, 0) is 4.79 Å². The number of nitrogens with zero attached hydrogens (tertiary/aromatic N) is 1. The summed E-state index contributed by atoms with van der Waals surface area (Å²) in [5.74, 6) is -0.674. The van der Waals surface area contributed by atoms with Crippen LogP contribution in [0.5, 0.6) is 0 Å². The molecule has 7 nitrogen and oxygen atoms in total. The first-order chi connectivity index (χ1) is 13.0. The number of nitrogens with one attached hydrogen (secondary N) is 3. The second-order valence-electron chi connectivity index (χ2n) is 5.73. The van der Waals surface area contributed by atoms with E-state index in [0.717, 1.165) is 24.9 Å². The van der Waals surface area contributed by atoms with Crippen LogP contribution in [0.2, 0.25) is 5.02 Å². The van der Waals surface area contributed by atoms with E-state index in [-0.39, 0.29) is 5.91 Å². The average Bonchev–Trinajstić information content (AvgIpc) is 3.15. The lowest BCUT2D eigenvalue weighted by molar-refractivity contribution is -0.131. The summed E-state index contributed by atoms with van der Waals surface area (Å²) in [6.07, 6.45) is 2.45. The number of rotatable bonds is 5. The smallest absolute Gasteiger partial charge is 0.328 e. The molecule has 1 heterocycles. The Balaban J connectivity index is 1.70. The van der Waals surface area contributed by atoms with Crippen LogP contribution in [0.25, 0.3) is 6.08 Å². The van der Waals surface area contributed by atoms with Crippen molar-refractivity contribution in [3.05, 3.63) is 64.7 Å². The van der Waals surface area contributed by atoms with E-state index >= 15 is 0 Å². The van der Waals surface area contributed by atoms with Gasteiger partial charge in [-0.25, -0.2) is 4.79 Å². The second-order valence-corrected chi connectivity index (χ2v) is 6.14. The molecule has 2 aromatic carbocycles. The maximum Gasteiger partial charge on any atom is 0.328 e. The summed E-state index contributed by atoms with van der Waals surface area (Å²) in [5.41, 5.74) is 2.27. The van der Waals surface area contributed by atoms with Gasteiger partial charge >= 0.3 is 5.97 Å². The Hall–Kier alpha value is -3.32. The Labute approximate surface area is 160 Å². The number of guanidine groups is 1. The summed E-state index contributed by atoms with van der Waals surface area (Å²) in [5, 5.41) is 18.0. The lowest BCUT2D eigenvalue weighted by Crippen LogP contribution is -2.26. The van der Waals surface area contributed by atoms with Gasteiger partial charge in [0.1, 0.15) is 0 Å². The first-order valence-corrected chi connectivity index (χ1v) is 8.56. The van der Waals surface area contributed by atoms with Gasteiger partial charge in [-0.2, -0.15) is 0 Å². The Kier molecular flexibility index (Phi) is 5.73. The Morgan fingerprint density at radius 3 is 2.78 bits per heavy atom. The van der Waals surface area contributed by atoms with Crippen molar-refractivity contribution >= 4 is 46.9 Å². The van der Waals surface area contributed by atoms with E-state index in [1.54, 1.807) is 36.4 Å². The molecule has 1 amide bonds. The van der Waals surface area contributed by atoms with E-state index in [4.69, 9.17) is 16.7 Å². The molecule has 0 aromatic heterocycles. The molecule has 0 radical (unpaired) electrons. The van der Waals surface area contributed by atoms with Gasteiger partial charge in [-0.15, -0.1) is 0 Å². The molecule has 0 saturated carbocycles. The summed E-state index contributed by atoms with van der Waals surface area (Å²) >= 11 is 6.19. The number of benzene rings is 2. The summed E-state index contributed by atoms with van der Waals surface area (Å²) in [4.78, 5) is 27.3. The van der Waals surface area contributed by atoms with Crippen LogP contribution in [0.15, 0.2) is 53.5 Å². The molecule has 1 aliphatic heterocycles. The number of anilines is 2. The number of carbonyl (C=O) groups excluding carboxylic acids is 1. The summed E-state index contributed by atoms with van der Waals surface area (Å²) < 4.78 is 0. The van der Waals surface area contributed by atoms with Gasteiger partial charge in [0.25, 0.3) is 5.91 Å². The molecular formula is C19H17ClN4O3. The Morgan fingerprint density at radius 1 is 1.22 bits per heavy atom. The zero-order chi connectivity index (χ0) is 19.2. The minimum Gasteiger partial charge on any atom is -0.478 e. The highest BCUT2D eigenvalue weighted by Crippen LogP contribution is 2.24. The van der Waals surface area contributed by atoms with Crippen LogP contribution in [0.3, 0.4) is 0 Å². The van der Waals surface area contributed by atoms with E-state index < -0.39 is 5.97 Å². The molecule has 0 aliphatic carbocycles. The first kappa shape index (κ1) is 18.5. The van der Waals surface area contributed by atoms with E-state index in [1.807, 2.05) is 6.07 Å². The maximum atomic E-state index is 12.5. The average molecular weight is 385 g/mol. The van der Waals surface area contributed by atoms with Crippen molar-refractivity contribution in [2.75, 3.05) is 23.7 Å². The van der Waals surface area contributed by atoms with Crippen LogP contribution >= 0.6 is 11.6 Å². The molecular weight excluding hydrogens is 368 g/mol. The van der Waals surface area contributed by atoms with E-state index in [1.165, 1.54) is 6.08 Å². The molecule has 4 N–H and O–H groups in total. The monoisotopic (exact) mass is 384 g/mol. The molecule has 8 heteroatoms. The molecule has 1 aliphatic rings. The van der Waals surface area contributed by atoms with Crippen molar-refractivity contribution in [3.63, 3.8) is 0 Å². The lowest BCUT2D eigenvalue weighted by atomic mass is 10.1. The normalized spacial score (nSPS) is 13.1. The number of amides is 1. The van der Waals surface area contributed by atoms with Crippen molar-refractivity contribution in [1.82, 2.24) is 5.32 Å². The molecule has 2 aromatic rings. The minimum atomic E-state index is -1.05. The van der Waals surface area contributed by atoms with Gasteiger partial charge < -0.3 is 21.1 Å². The predicted molar refractivity (Wildman–Crippen MR) is 106 cm³/mol.